The fourth-order valence-corrected chi connectivity index (χ4v) is 5.91. The molecular weight excluding hydrogens is 551 g/mol. The third kappa shape index (κ3) is 6.02. The molecular formula is C27H22Cl2N2O6S. The predicted molar refractivity (Wildman–Crippen MR) is 145 cm³/mol. The van der Waals surface area contributed by atoms with Crippen LogP contribution in [0.3, 0.4) is 0 Å². The normalized spacial score (nSPS) is 12.1. The van der Waals surface area contributed by atoms with E-state index in [4.69, 9.17) is 27.9 Å². The van der Waals surface area contributed by atoms with E-state index in [0.29, 0.717) is 11.3 Å². The number of rotatable bonds is 9. The third-order valence-electron chi connectivity index (χ3n) is 5.74. The van der Waals surface area contributed by atoms with Gasteiger partial charge < -0.3 is 15.2 Å². The molecule has 0 saturated heterocycles. The molecule has 196 valence electrons. The number of carbonyl (C=O) groups excluding carboxylic acids is 1. The highest BCUT2D eigenvalue weighted by molar-refractivity contribution is 7.90. The summed E-state index contributed by atoms with van der Waals surface area (Å²) in [5.41, 5.74) is 2.25. The van der Waals surface area contributed by atoms with Gasteiger partial charge in [0, 0.05) is 22.7 Å². The Balaban J connectivity index is 1.53. The van der Waals surface area contributed by atoms with Gasteiger partial charge in [-0.2, -0.15) is 0 Å². The first-order chi connectivity index (χ1) is 18.1. The first-order valence-electron chi connectivity index (χ1n) is 11.2. The molecule has 11 heteroatoms. The number of carboxylic acid groups (broad SMARTS) is 1. The molecule has 2 N–H and O–H groups in total. The van der Waals surface area contributed by atoms with Crippen LogP contribution in [0.1, 0.15) is 16.1 Å². The number of aromatic nitrogens is 1. The Morgan fingerprint density at radius 2 is 1.63 bits per heavy atom. The van der Waals surface area contributed by atoms with Crippen molar-refractivity contribution in [2.24, 2.45) is 0 Å². The van der Waals surface area contributed by atoms with Crippen LogP contribution >= 0.6 is 23.2 Å². The van der Waals surface area contributed by atoms with E-state index in [2.05, 4.69) is 5.32 Å². The predicted octanol–water partition coefficient (Wildman–Crippen LogP) is 5.13. The van der Waals surface area contributed by atoms with E-state index >= 15 is 0 Å². The van der Waals surface area contributed by atoms with Gasteiger partial charge in [0.05, 0.1) is 12.0 Å². The summed E-state index contributed by atoms with van der Waals surface area (Å²) < 4.78 is 32.3. The van der Waals surface area contributed by atoms with Crippen molar-refractivity contribution in [3.8, 4) is 16.9 Å². The lowest BCUT2D eigenvalue weighted by Crippen LogP contribution is -2.43. The second kappa shape index (κ2) is 11.3. The maximum atomic E-state index is 13.2. The zero-order valence-corrected chi connectivity index (χ0v) is 22.3. The van der Waals surface area contributed by atoms with Gasteiger partial charge >= 0.3 is 5.97 Å². The highest BCUT2D eigenvalue weighted by Crippen LogP contribution is 2.26. The summed E-state index contributed by atoms with van der Waals surface area (Å²) in [6.45, 7) is 0. The van der Waals surface area contributed by atoms with E-state index < -0.39 is 27.9 Å². The van der Waals surface area contributed by atoms with Crippen molar-refractivity contribution in [1.29, 1.82) is 0 Å². The molecule has 8 nitrogen and oxygen atoms in total. The summed E-state index contributed by atoms with van der Waals surface area (Å²) in [4.78, 5) is 24.8. The third-order valence-corrected chi connectivity index (χ3v) is 7.84. The maximum absolute atomic E-state index is 13.2. The highest BCUT2D eigenvalue weighted by atomic mass is 35.5. The van der Waals surface area contributed by atoms with Gasteiger partial charge in [-0.1, -0.05) is 59.6 Å². The minimum atomic E-state index is -4.24. The molecule has 1 amide bonds. The number of carbonyl (C=O) groups is 2. The first kappa shape index (κ1) is 27.3. The number of aliphatic carboxylic acids is 1. The molecule has 3 aromatic carbocycles. The van der Waals surface area contributed by atoms with Crippen LogP contribution in [-0.2, 0) is 21.2 Å². The molecule has 0 unspecified atom stereocenters. The average Bonchev–Trinajstić information content (AvgIpc) is 3.39. The second-order valence-corrected chi connectivity index (χ2v) is 11.0. The van der Waals surface area contributed by atoms with Gasteiger partial charge in [-0.05, 0) is 59.2 Å². The largest absolute Gasteiger partial charge is 0.497 e. The van der Waals surface area contributed by atoms with Crippen molar-refractivity contribution in [3.05, 3.63) is 106 Å². The number of ether oxygens (including phenoxy) is 1. The van der Waals surface area contributed by atoms with Gasteiger partial charge in [0.25, 0.3) is 15.9 Å². The lowest BCUT2D eigenvalue weighted by Gasteiger charge is -2.16. The van der Waals surface area contributed by atoms with Crippen LogP contribution in [0.2, 0.25) is 10.0 Å². The Labute approximate surface area is 229 Å². The molecule has 0 saturated carbocycles. The minimum absolute atomic E-state index is 0.0170. The number of methoxy groups -OCH3 is 1. The molecule has 0 aliphatic rings. The summed E-state index contributed by atoms with van der Waals surface area (Å²) in [5, 5.41) is 12.4. The molecule has 4 rings (SSSR count). The van der Waals surface area contributed by atoms with E-state index in [-0.39, 0.29) is 27.1 Å². The number of hydrogen-bond acceptors (Lipinski definition) is 5. The van der Waals surface area contributed by atoms with Crippen molar-refractivity contribution in [2.45, 2.75) is 17.4 Å². The summed E-state index contributed by atoms with van der Waals surface area (Å²) >= 11 is 11.9. The van der Waals surface area contributed by atoms with Crippen LogP contribution in [0, 0.1) is 0 Å². The first-order valence-corrected chi connectivity index (χ1v) is 13.4. The zero-order valence-electron chi connectivity index (χ0n) is 20.0. The number of hydrogen-bond donors (Lipinski definition) is 2. The van der Waals surface area contributed by atoms with Gasteiger partial charge in [-0.15, -0.1) is 0 Å². The molecule has 0 radical (unpaired) electrons. The van der Waals surface area contributed by atoms with Gasteiger partial charge in [0.15, 0.2) is 0 Å². The molecule has 0 spiro atoms. The number of amides is 1. The number of nitrogens with one attached hydrogen (secondary N) is 1. The minimum Gasteiger partial charge on any atom is -0.497 e. The Morgan fingerprint density at radius 1 is 0.947 bits per heavy atom. The van der Waals surface area contributed by atoms with Crippen molar-refractivity contribution < 1.29 is 27.9 Å². The molecule has 1 atom stereocenters. The van der Waals surface area contributed by atoms with Gasteiger partial charge in [0.1, 0.15) is 17.5 Å². The van der Waals surface area contributed by atoms with Crippen molar-refractivity contribution in [1.82, 2.24) is 9.29 Å². The highest BCUT2D eigenvalue weighted by Gasteiger charge is 2.27. The Morgan fingerprint density at radius 3 is 2.26 bits per heavy atom. The summed E-state index contributed by atoms with van der Waals surface area (Å²) in [6, 6.07) is 19.9. The van der Waals surface area contributed by atoms with Gasteiger partial charge in [-0.3, -0.25) is 4.79 Å². The average molecular weight is 573 g/mol. The zero-order chi connectivity index (χ0) is 27.4. The van der Waals surface area contributed by atoms with Crippen LogP contribution in [0.15, 0.2) is 90.0 Å². The topological polar surface area (TPSA) is 115 Å². The Bertz CT molecular complexity index is 1580. The number of halogens is 2. The van der Waals surface area contributed by atoms with Crippen molar-refractivity contribution in [3.63, 3.8) is 0 Å². The fourth-order valence-electron chi connectivity index (χ4n) is 3.85. The van der Waals surface area contributed by atoms with Crippen LogP contribution in [0.5, 0.6) is 5.75 Å². The molecule has 0 aliphatic heterocycles. The number of nitrogens with zero attached hydrogens (tertiary/aromatic N) is 1. The van der Waals surface area contributed by atoms with Gasteiger partial charge in [0.2, 0.25) is 0 Å². The van der Waals surface area contributed by atoms with E-state index in [1.54, 1.807) is 19.2 Å². The van der Waals surface area contributed by atoms with E-state index in [9.17, 15) is 23.1 Å². The number of carboxylic acids is 1. The molecule has 0 aliphatic carbocycles. The lowest BCUT2D eigenvalue weighted by molar-refractivity contribution is -0.139. The number of benzene rings is 3. The second-order valence-electron chi connectivity index (χ2n) is 8.30. The van der Waals surface area contributed by atoms with Crippen LogP contribution in [-0.4, -0.2) is 42.5 Å². The summed E-state index contributed by atoms with van der Waals surface area (Å²) in [7, 11) is -2.65. The molecule has 1 heterocycles. The van der Waals surface area contributed by atoms with Crippen molar-refractivity contribution in [2.75, 3.05) is 7.11 Å². The van der Waals surface area contributed by atoms with Crippen molar-refractivity contribution >= 4 is 45.1 Å². The van der Waals surface area contributed by atoms with Crippen LogP contribution in [0.4, 0.5) is 0 Å². The Hall–Kier alpha value is -3.79. The SMILES string of the molecule is COc1cccc(-c2ccc(C[C@H](NC(=O)c3cccn3S(=O)(=O)c3cc(Cl)cc(Cl)c3)C(=O)O)cc2)c1. The molecule has 0 bridgehead atoms. The van der Waals surface area contributed by atoms with E-state index in [0.717, 1.165) is 15.1 Å². The standard InChI is InChI=1S/C27H22Cl2N2O6S/c1-37-22-5-2-4-19(13-22)18-9-7-17(8-10-18)12-24(27(33)34)30-26(32)25-6-3-11-31(25)38(35,36)23-15-20(28)14-21(29)16-23/h2-11,13-16,24H,12H2,1H3,(H,30,32)(H,33,34)/t24-/m0/s1. The van der Waals surface area contributed by atoms with Crippen LogP contribution < -0.4 is 10.1 Å². The maximum Gasteiger partial charge on any atom is 0.326 e. The van der Waals surface area contributed by atoms with Crippen LogP contribution in [0.25, 0.3) is 11.1 Å². The Kier molecular flexibility index (Phi) is 8.11. The fraction of sp³-hybridized carbons (Fsp3) is 0.111. The monoisotopic (exact) mass is 572 g/mol. The van der Waals surface area contributed by atoms with E-state index in [1.165, 1.54) is 36.5 Å². The molecule has 38 heavy (non-hydrogen) atoms. The quantitative estimate of drug-likeness (QED) is 0.287. The summed E-state index contributed by atoms with van der Waals surface area (Å²) in [6.07, 6.45) is 1.17. The van der Waals surface area contributed by atoms with E-state index in [1.807, 2.05) is 36.4 Å². The summed E-state index contributed by atoms with van der Waals surface area (Å²) in [5.74, 6) is -1.42. The lowest BCUT2D eigenvalue weighted by atomic mass is 10.0. The molecule has 4 aromatic rings. The smallest absolute Gasteiger partial charge is 0.326 e. The van der Waals surface area contributed by atoms with Gasteiger partial charge in [-0.25, -0.2) is 17.2 Å². The molecule has 1 aromatic heterocycles. The molecule has 0 fully saturated rings.